The Kier molecular flexibility index (Phi) is 4.65. The predicted octanol–water partition coefficient (Wildman–Crippen LogP) is 0.913. The number of hydrogen-bond acceptors (Lipinski definition) is 5. The van der Waals surface area contributed by atoms with Gasteiger partial charge < -0.3 is 10.4 Å². The lowest BCUT2D eigenvalue weighted by atomic mass is 10.2. The van der Waals surface area contributed by atoms with Gasteiger partial charge in [0.15, 0.2) is 0 Å². The maximum Gasteiger partial charge on any atom is 0.326 e. The maximum absolute atomic E-state index is 11.4. The molecule has 8 heteroatoms. The average Bonchev–Trinajstić information content (AvgIpc) is 2.69. The first-order chi connectivity index (χ1) is 7.63. The van der Waals surface area contributed by atoms with Gasteiger partial charge in [-0.1, -0.05) is 24.7 Å². The summed E-state index contributed by atoms with van der Waals surface area (Å²) in [5, 5.41) is 21.0. The van der Waals surface area contributed by atoms with Gasteiger partial charge in [-0.3, -0.25) is 5.32 Å². The van der Waals surface area contributed by atoms with Gasteiger partial charge in [-0.25, -0.2) is 9.59 Å². The zero-order chi connectivity index (χ0) is 12.0. The van der Waals surface area contributed by atoms with Crippen molar-refractivity contribution in [3.8, 4) is 0 Å². The number of nitrogens with zero attached hydrogens (tertiary/aromatic N) is 2. The fourth-order valence-corrected chi connectivity index (χ4v) is 1.51. The van der Waals surface area contributed by atoms with E-state index in [1.54, 1.807) is 0 Å². The second-order valence-electron chi connectivity index (χ2n) is 3.02. The third-order valence-corrected chi connectivity index (χ3v) is 2.37. The van der Waals surface area contributed by atoms with E-state index in [9.17, 15) is 9.59 Å². The Morgan fingerprint density at radius 1 is 1.62 bits per heavy atom. The van der Waals surface area contributed by atoms with E-state index in [0.717, 1.165) is 11.3 Å². The molecule has 0 aliphatic carbocycles. The van der Waals surface area contributed by atoms with Gasteiger partial charge in [0.1, 0.15) is 11.6 Å². The summed E-state index contributed by atoms with van der Waals surface area (Å²) >= 11 is 1.16. The third-order valence-electron chi connectivity index (χ3n) is 1.76. The minimum Gasteiger partial charge on any atom is -0.480 e. The number of amides is 2. The van der Waals surface area contributed by atoms with Crippen molar-refractivity contribution < 1.29 is 14.7 Å². The van der Waals surface area contributed by atoms with Gasteiger partial charge in [0.2, 0.25) is 5.13 Å². The molecule has 1 rings (SSSR count). The van der Waals surface area contributed by atoms with Gasteiger partial charge in [0, 0.05) is 0 Å². The summed E-state index contributed by atoms with van der Waals surface area (Å²) in [6.45, 7) is 1.85. The molecular formula is C8H12N4O3S. The molecular weight excluding hydrogens is 232 g/mol. The van der Waals surface area contributed by atoms with E-state index in [2.05, 4.69) is 20.8 Å². The quantitative estimate of drug-likeness (QED) is 0.714. The van der Waals surface area contributed by atoms with Crippen molar-refractivity contribution in [2.24, 2.45) is 0 Å². The van der Waals surface area contributed by atoms with Gasteiger partial charge >= 0.3 is 12.0 Å². The molecule has 88 valence electrons. The highest BCUT2D eigenvalue weighted by Gasteiger charge is 2.18. The Morgan fingerprint density at radius 2 is 2.38 bits per heavy atom. The van der Waals surface area contributed by atoms with Crippen LogP contribution in [0.2, 0.25) is 0 Å². The Balaban J connectivity index is 2.45. The summed E-state index contributed by atoms with van der Waals surface area (Å²) in [5.41, 5.74) is 1.47. The highest BCUT2D eigenvalue weighted by Crippen LogP contribution is 2.07. The van der Waals surface area contributed by atoms with Crippen molar-refractivity contribution in [3.05, 3.63) is 5.51 Å². The summed E-state index contributed by atoms with van der Waals surface area (Å²) in [7, 11) is 0. The molecule has 2 amide bonds. The van der Waals surface area contributed by atoms with E-state index in [-0.39, 0.29) is 0 Å². The van der Waals surface area contributed by atoms with Crippen LogP contribution in [-0.4, -0.2) is 33.3 Å². The van der Waals surface area contributed by atoms with Crippen LogP contribution in [0, 0.1) is 0 Å². The number of hydrogen-bond donors (Lipinski definition) is 3. The molecule has 1 heterocycles. The highest BCUT2D eigenvalue weighted by molar-refractivity contribution is 7.13. The summed E-state index contributed by atoms with van der Waals surface area (Å²) < 4.78 is 0. The summed E-state index contributed by atoms with van der Waals surface area (Å²) in [5.74, 6) is -1.05. The molecule has 3 N–H and O–H groups in total. The number of urea groups is 1. The molecule has 0 saturated carbocycles. The van der Waals surface area contributed by atoms with Crippen LogP contribution in [0.15, 0.2) is 5.51 Å². The van der Waals surface area contributed by atoms with Crippen LogP contribution in [0.4, 0.5) is 9.93 Å². The van der Waals surface area contributed by atoms with Gasteiger partial charge in [-0.2, -0.15) is 0 Å². The summed E-state index contributed by atoms with van der Waals surface area (Å²) in [6.07, 6.45) is 1.06. The van der Waals surface area contributed by atoms with Crippen LogP contribution in [0.3, 0.4) is 0 Å². The molecule has 1 aromatic rings. The smallest absolute Gasteiger partial charge is 0.326 e. The average molecular weight is 244 g/mol. The minimum absolute atomic E-state index is 0.332. The largest absolute Gasteiger partial charge is 0.480 e. The van der Waals surface area contributed by atoms with Crippen LogP contribution < -0.4 is 10.6 Å². The van der Waals surface area contributed by atoms with Crippen molar-refractivity contribution >= 4 is 28.5 Å². The van der Waals surface area contributed by atoms with Gasteiger partial charge in [0.25, 0.3) is 0 Å². The van der Waals surface area contributed by atoms with Crippen LogP contribution in [0.25, 0.3) is 0 Å². The molecule has 7 nitrogen and oxygen atoms in total. The normalized spacial score (nSPS) is 11.8. The number of carboxylic acid groups (broad SMARTS) is 1. The zero-order valence-electron chi connectivity index (χ0n) is 8.64. The van der Waals surface area contributed by atoms with Gasteiger partial charge in [0.05, 0.1) is 0 Å². The third kappa shape index (κ3) is 3.81. The zero-order valence-corrected chi connectivity index (χ0v) is 9.45. The topological polar surface area (TPSA) is 104 Å². The SMILES string of the molecule is CCCC(NC(=O)Nc1nncs1)C(=O)O. The number of carbonyl (C=O) groups is 2. The molecule has 0 radical (unpaired) electrons. The summed E-state index contributed by atoms with van der Waals surface area (Å²) in [6, 6.07) is -1.46. The molecule has 0 saturated heterocycles. The molecule has 1 unspecified atom stereocenters. The molecule has 16 heavy (non-hydrogen) atoms. The number of anilines is 1. The lowest BCUT2D eigenvalue weighted by Gasteiger charge is -2.12. The van der Waals surface area contributed by atoms with Gasteiger partial charge in [-0.15, -0.1) is 10.2 Å². The number of carbonyl (C=O) groups excluding carboxylic acids is 1. The number of aromatic nitrogens is 2. The lowest BCUT2D eigenvalue weighted by Crippen LogP contribution is -2.42. The number of carboxylic acids is 1. The molecule has 0 aliphatic rings. The van der Waals surface area contributed by atoms with Crippen LogP contribution in [0.5, 0.6) is 0 Å². The minimum atomic E-state index is -1.05. The standard InChI is InChI=1S/C8H12N4O3S/c1-2-3-5(6(13)14)10-7(15)11-8-12-9-4-16-8/h4-5H,2-3H2,1H3,(H,13,14)(H2,10,11,12,15). The van der Waals surface area contributed by atoms with Crippen molar-refractivity contribution in [2.75, 3.05) is 5.32 Å². The first-order valence-corrected chi connectivity index (χ1v) is 5.58. The maximum atomic E-state index is 11.4. The first-order valence-electron chi connectivity index (χ1n) is 4.70. The Morgan fingerprint density at radius 3 is 2.88 bits per heavy atom. The highest BCUT2D eigenvalue weighted by atomic mass is 32.1. The van der Waals surface area contributed by atoms with Crippen LogP contribution in [-0.2, 0) is 4.79 Å². The second kappa shape index (κ2) is 6.01. The number of rotatable bonds is 5. The van der Waals surface area contributed by atoms with Crippen molar-refractivity contribution in [3.63, 3.8) is 0 Å². The molecule has 0 bridgehead atoms. The van der Waals surface area contributed by atoms with E-state index in [1.807, 2.05) is 6.92 Å². The predicted molar refractivity (Wildman–Crippen MR) is 58.4 cm³/mol. The fourth-order valence-electron chi connectivity index (χ4n) is 1.07. The first kappa shape index (κ1) is 12.4. The monoisotopic (exact) mass is 244 g/mol. The molecule has 0 aliphatic heterocycles. The number of aliphatic carboxylic acids is 1. The number of nitrogens with one attached hydrogen (secondary N) is 2. The lowest BCUT2D eigenvalue weighted by molar-refractivity contribution is -0.139. The Bertz CT molecular complexity index is 354. The molecule has 1 atom stereocenters. The Hall–Kier alpha value is -1.70. The van der Waals surface area contributed by atoms with Gasteiger partial charge in [-0.05, 0) is 6.42 Å². The van der Waals surface area contributed by atoms with Crippen molar-refractivity contribution in [1.82, 2.24) is 15.5 Å². The van der Waals surface area contributed by atoms with Crippen molar-refractivity contribution in [2.45, 2.75) is 25.8 Å². The van der Waals surface area contributed by atoms with E-state index >= 15 is 0 Å². The van der Waals surface area contributed by atoms with E-state index in [4.69, 9.17) is 5.11 Å². The van der Waals surface area contributed by atoms with Crippen LogP contribution in [0.1, 0.15) is 19.8 Å². The molecule has 0 spiro atoms. The molecule has 0 aromatic carbocycles. The second-order valence-corrected chi connectivity index (χ2v) is 3.86. The van der Waals surface area contributed by atoms with Crippen LogP contribution >= 0.6 is 11.3 Å². The fraction of sp³-hybridized carbons (Fsp3) is 0.500. The van der Waals surface area contributed by atoms with E-state index in [0.29, 0.717) is 18.0 Å². The summed E-state index contributed by atoms with van der Waals surface area (Å²) in [4.78, 5) is 22.1. The van der Waals surface area contributed by atoms with E-state index < -0.39 is 18.0 Å². The Labute approximate surface area is 95.9 Å². The molecule has 1 aromatic heterocycles. The molecule has 0 fully saturated rings. The van der Waals surface area contributed by atoms with E-state index in [1.165, 1.54) is 5.51 Å². The van der Waals surface area contributed by atoms with Crippen molar-refractivity contribution in [1.29, 1.82) is 0 Å².